The first-order valence-corrected chi connectivity index (χ1v) is 14.4. The number of aliphatic carboxylic acids is 1. The first-order valence-electron chi connectivity index (χ1n) is 14.4. The van der Waals surface area contributed by atoms with Gasteiger partial charge >= 0.3 is 5.97 Å². The largest absolute Gasteiger partial charge is 0.496 e. The minimum atomic E-state index is -1.18. The third-order valence-electron chi connectivity index (χ3n) is 7.51. The maximum Gasteiger partial charge on any atom is 0.323 e. The van der Waals surface area contributed by atoms with Crippen LogP contribution in [0, 0.1) is 18.3 Å². The summed E-state index contributed by atoms with van der Waals surface area (Å²) in [5.41, 5.74) is 5.94. The fraction of sp³-hybridized carbons (Fsp3) is 0.257. The zero-order valence-electron chi connectivity index (χ0n) is 25.0. The van der Waals surface area contributed by atoms with E-state index in [0.29, 0.717) is 41.6 Å². The minimum Gasteiger partial charge on any atom is -0.496 e. The second-order valence-corrected chi connectivity index (χ2v) is 10.4. The molecule has 1 aliphatic rings. The quantitative estimate of drug-likeness (QED) is 0.189. The van der Waals surface area contributed by atoms with Gasteiger partial charge in [-0.1, -0.05) is 36.4 Å². The Morgan fingerprint density at radius 2 is 1.76 bits per heavy atom. The van der Waals surface area contributed by atoms with Crippen LogP contribution in [0.15, 0.2) is 72.8 Å². The van der Waals surface area contributed by atoms with Crippen LogP contribution >= 0.6 is 0 Å². The van der Waals surface area contributed by atoms with Gasteiger partial charge in [-0.3, -0.25) is 10.1 Å². The molecular formula is C35H34N2O8. The van der Waals surface area contributed by atoms with Crippen molar-refractivity contribution in [2.24, 2.45) is 0 Å². The van der Waals surface area contributed by atoms with Gasteiger partial charge in [0.15, 0.2) is 11.5 Å². The number of rotatable bonds is 13. The standard InChI is InChI=1S/C35H34N2O8/c1-22-26(7-4-8-28(22)25-9-10-31-34(14-25)43-12-11-42-31)21-44-27-15-32(41-2)29(18-37-30(19-38)35(39)40)33(16-27)45-20-24-6-3-5-23(13-24)17-36/h3-10,13-16,30,37-38H,11-12,18-21H2,1-2H3,(H,39,40)/t30-/m0/s1. The van der Waals surface area contributed by atoms with Gasteiger partial charge in [-0.25, -0.2) is 0 Å². The Morgan fingerprint density at radius 3 is 2.51 bits per heavy atom. The van der Waals surface area contributed by atoms with Crippen LogP contribution in [0.4, 0.5) is 0 Å². The Balaban J connectivity index is 1.40. The van der Waals surface area contributed by atoms with E-state index in [1.165, 1.54) is 7.11 Å². The average Bonchev–Trinajstić information content (AvgIpc) is 3.07. The lowest BCUT2D eigenvalue weighted by molar-refractivity contribution is -0.140. The molecule has 0 fully saturated rings. The summed E-state index contributed by atoms with van der Waals surface area (Å²) in [7, 11) is 1.50. The molecule has 3 N–H and O–H groups in total. The van der Waals surface area contributed by atoms with Crippen LogP contribution in [0.1, 0.15) is 27.8 Å². The highest BCUT2D eigenvalue weighted by Crippen LogP contribution is 2.38. The molecule has 4 aromatic rings. The molecule has 10 heteroatoms. The van der Waals surface area contributed by atoms with Crippen molar-refractivity contribution >= 4 is 5.97 Å². The van der Waals surface area contributed by atoms with Gasteiger partial charge in [0, 0.05) is 18.7 Å². The molecule has 5 rings (SSSR count). The van der Waals surface area contributed by atoms with Crippen molar-refractivity contribution in [1.29, 1.82) is 5.26 Å². The Labute approximate surface area is 261 Å². The number of nitriles is 1. The van der Waals surface area contributed by atoms with Gasteiger partial charge in [0.1, 0.15) is 49.7 Å². The summed E-state index contributed by atoms with van der Waals surface area (Å²) in [5, 5.41) is 31.0. The Kier molecular flexibility index (Phi) is 10.0. The first kappa shape index (κ1) is 31.2. The van der Waals surface area contributed by atoms with E-state index in [-0.39, 0.29) is 19.8 Å². The van der Waals surface area contributed by atoms with Gasteiger partial charge in [-0.2, -0.15) is 5.26 Å². The summed E-state index contributed by atoms with van der Waals surface area (Å²) in [4.78, 5) is 11.5. The number of hydrogen-bond donors (Lipinski definition) is 3. The average molecular weight is 611 g/mol. The maximum absolute atomic E-state index is 11.5. The number of hydrogen-bond acceptors (Lipinski definition) is 9. The molecule has 0 amide bonds. The normalized spacial score (nSPS) is 12.6. The molecule has 4 aromatic carbocycles. The summed E-state index contributed by atoms with van der Waals surface area (Å²) in [6.45, 7) is 2.97. The van der Waals surface area contributed by atoms with Crippen LogP contribution in [0.25, 0.3) is 11.1 Å². The third-order valence-corrected chi connectivity index (χ3v) is 7.51. The summed E-state index contributed by atoms with van der Waals surface area (Å²) >= 11 is 0. The summed E-state index contributed by atoms with van der Waals surface area (Å²) in [5.74, 6) is 1.59. The molecule has 10 nitrogen and oxygen atoms in total. The molecule has 1 aliphatic heterocycles. The minimum absolute atomic E-state index is 0.0469. The zero-order valence-corrected chi connectivity index (χ0v) is 25.0. The van der Waals surface area contributed by atoms with Gasteiger partial charge in [-0.05, 0) is 59.0 Å². The van der Waals surface area contributed by atoms with E-state index in [2.05, 4.69) is 17.5 Å². The molecule has 0 radical (unpaired) electrons. The van der Waals surface area contributed by atoms with Crippen LogP contribution in [0.3, 0.4) is 0 Å². The number of aliphatic hydroxyl groups is 1. The van der Waals surface area contributed by atoms with Crippen LogP contribution in [-0.2, 0) is 24.6 Å². The lowest BCUT2D eigenvalue weighted by Gasteiger charge is -2.20. The van der Waals surface area contributed by atoms with Crippen molar-refractivity contribution in [2.75, 3.05) is 26.9 Å². The molecule has 0 spiro atoms. The number of methoxy groups -OCH3 is 1. The second kappa shape index (κ2) is 14.5. The van der Waals surface area contributed by atoms with Crippen molar-refractivity contribution < 1.29 is 38.7 Å². The molecule has 0 saturated carbocycles. The van der Waals surface area contributed by atoms with Crippen LogP contribution < -0.4 is 29.0 Å². The molecule has 1 heterocycles. The van der Waals surface area contributed by atoms with E-state index in [9.17, 15) is 20.3 Å². The zero-order chi connectivity index (χ0) is 31.8. The van der Waals surface area contributed by atoms with Gasteiger partial charge in [0.2, 0.25) is 0 Å². The molecule has 1 atom stereocenters. The molecule has 0 bridgehead atoms. The van der Waals surface area contributed by atoms with E-state index in [4.69, 9.17) is 23.7 Å². The van der Waals surface area contributed by atoms with Gasteiger partial charge in [0.25, 0.3) is 0 Å². The van der Waals surface area contributed by atoms with Crippen molar-refractivity contribution in [2.45, 2.75) is 32.7 Å². The number of carbonyl (C=O) groups is 1. The second-order valence-electron chi connectivity index (χ2n) is 10.4. The van der Waals surface area contributed by atoms with Gasteiger partial charge in [0.05, 0.1) is 30.9 Å². The maximum atomic E-state index is 11.5. The Bertz CT molecular complexity index is 1710. The molecule has 0 aliphatic carbocycles. The van der Waals surface area contributed by atoms with E-state index in [0.717, 1.165) is 39.3 Å². The molecular weight excluding hydrogens is 576 g/mol. The molecule has 0 aromatic heterocycles. The predicted molar refractivity (Wildman–Crippen MR) is 166 cm³/mol. The van der Waals surface area contributed by atoms with Crippen molar-refractivity contribution in [1.82, 2.24) is 5.32 Å². The molecule has 0 saturated heterocycles. The topological polar surface area (TPSA) is 140 Å². The number of carboxylic acid groups (broad SMARTS) is 1. The molecule has 0 unspecified atom stereocenters. The van der Waals surface area contributed by atoms with Crippen LogP contribution in [0.5, 0.6) is 28.7 Å². The fourth-order valence-corrected chi connectivity index (χ4v) is 5.04. The predicted octanol–water partition coefficient (Wildman–Crippen LogP) is 5.01. The Hall–Kier alpha value is -5.24. The van der Waals surface area contributed by atoms with Gasteiger partial charge < -0.3 is 33.9 Å². The first-order chi connectivity index (χ1) is 21.9. The fourth-order valence-electron chi connectivity index (χ4n) is 5.04. The number of nitrogens with zero attached hydrogens (tertiary/aromatic N) is 1. The lowest BCUT2D eigenvalue weighted by atomic mass is 9.96. The van der Waals surface area contributed by atoms with Crippen molar-refractivity contribution in [3.63, 3.8) is 0 Å². The van der Waals surface area contributed by atoms with E-state index in [1.54, 1.807) is 30.3 Å². The van der Waals surface area contributed by atoms with E-state index >= 15 is 0 Å². The molecule has 232 valence electrons. The summed E-state index contributed by atoms with van der Waals surface area (Å²) in [6.07, 6.45) is 0. The highest BCUT2D eigenvalue weighted by molar-refractivity contribution is 5.73. The SMILES string of the molecule is COc1cc(OCc2cccc(-c3ccc4c(c3)OCCO4)c2C)cc(OCc2cccc(C#N)c2)c1CN[C@@H](CO)C(=O)O. The number of benzene rings is 4. The number of nitrogens with one attached hydrogen (secondary N) is 1. The van der Waals surface area contributed by atoms with Gasteiger partial charge in [-0.15, -0.1) is 0 Å². The third kappa shape index (κ3) is 7.47. The molecule has 45 heavy (non-hydrogen) atoms. The smallest absolute Gasteiger partial charge is 0.323 e. The van der Waals surface area contributed by atoms with E-state index < -0.39 is 18.6 Å². The number of ether oxygens (including phenoxy) is 5. The van der Waals surface area contributed by atoms with E-state index in [1.807, 2.05) is 43.3 Å². The van der Waals surface area contributed by atoms with Crippen LogP contribution in [-0.4, -0.2) is 49.2 Å². The highest BCUT2D eigenvalue weighted by atomic mass is 16.6. The lowest BCUT2D eigenvalue weighted by Crippen LogP contribution is -2.39. The van der Waals surface area contributed by atoms with Crippen molar-refractivity contribution in [3.8, 4) is 45.9 Å². The summed E-state index contributed by atoms with van der Waals surface area (Å²) < 4.78 is 29.6. The number of fused-ring (bicyclic) bond motifs is 1. The number of carboxylic acids is 1. The highest BCUT2D eigenvalue weighted by Gasteiger charge is 2.20. The summed E-state index contributed by atoms with van der Waals surface area (Å²) in [6, 6.07) is 23.4. The number of aliphatic hydroxyl groups excluding tert-OH is 1. The van der Waals surface area contributed by atoms with Crippen LogP contribution in [0.2, 0.25) is 0 Å². The Morgan fingerprint density at radius 1 is 0.978 bits per heavy atom. The van der Waals surface area contributed by atoms with Crippen molar-refractivity contribution in [3.05, 3.63) is 101 Å². The monoisotopic (exact) mass is 610 g/mol.